The third-order valence-electron chi connectivity index (χ3n) is 3.98. The molecule has 4 nitrogen and oxygen atoms in total. The fraction of sp³-hybridized carbons (Fsp3) is 0.250. The highest BCUT2D eigenvalue weighted by molar-refractivity contribution is 6.45. The lowest BCUT2D eigenvalue weighted by atomic mass is 10.0. The van der Waals surface area contributed by atoms with Gasteiger partial charge >= 0.3 is 5.97 Å². The summed E-state index contributed by atoms with van der Waals surface area (Å²) in [5.74, 6) is -1.92. The van der Waals surface area contributed by atoms with Crippen LogP contribution in [-0.4, -0.2) is 21.4 Å². The van der Waals surface area contributed by atoms with Gasteiger partial charge in [0.15, 0.2) is 0 Å². The van der Waals surface area contributed by atoms with E-state index in [0.29, 0.717) is 24.2 Å². The van der Waals surface area contributed by atoms with E-state index in [0.717, 1.165) is 5.56 Å². The van der Waals surface area contributed by atoms with E-state index in [9.17, 15) is 14.7 Å². The summed E-state index contributed by atoms with van der Waals surface area (Å²) in [4.78, 5) is 24.0. The Morgan fingerprint density at radius 3 is 2.41 bits per heavy atom. The number of benzene rings is 1. The number of hydrogen-bond acceptors (Lipinski definition) is 2. The maximum absolute atomic E-state index is 12.7. The first-order chi connectivity index (χ1) is 10.4. The number of carbonyl (C=O) groups is 2. The number of aromatic nitrogens is 1. The molecule has 0 radical (unpaired) electrons. The second kappa shape index (κ2) is 5.45. The Labute approximate surface area is 137 Å². The Balaban J connectivity index is 2.11. The molecule has 0 aliphatic carbocycles. The minimum atomic E-state index is -0.954. The van der Waals surface area contributed by atoms with Crippen LogP contribution in [0.15, 0.2) is 24.3 Å². The maximum atomic E-state index is 12.7. The van der Waals surface area contributed by atoms with Crippen molar-refractivity contribution in [3.63, 3.8) is 0 Å². The van der Waals surface area contributed by atoms with Gasteiger partial charge < -0.3 is 9.67 Å². The second-order valence-corrected chi connectivity index (χ2v) is 6.14. The van der Waals surface area contributed by atoms with Crippen molar-refractivity contribution >= 4 is 35.0 Å². The smallest absolute Gasteiger partial charge is 0.312 e. The van der Waals surface area contributed by atoms with Crippen LogP contribution < -0.4 is 0 Å². The summed E-state index contributed by atoms with van der Waals surface area (Å²) in [6.07, 6.45) is 0.412. The lowest BCUT2D eigenvalue weighted by molar-refractivity contribution is -0.138. The van der Waals surface area contributed by atoms with E-state index in [1.807, 2.05) is 19.1 Å². The molecule has 1 N–H and O–H groups in total. The molecule has 1 aliphatic heterocycles. The van der Waals surface area contributed by atoms with Gasteiger partial charge in [0.2, 0.25) is 5.78 Å². The van der Waals surface area contributed by atoms with Crippen molar-refractivity contribution in [1.29, 1.82) is 0 Å². The standard InChI is InChI=1S/C16H13Cl2NO3/c1-8-2-4-9(5-3-8)15(20)14-12(18)11(17)13-10(16(21)22)6-7-19(13)14/h2-5,10H,6-7H2,1H3,(H,21,22). The molecule has 1 atom stereocenters. The Hall–Kier alpha value is -1.78. The second-order valence-electron chi connectivity index (χ2n) is 5.39. The average molecular weight is 338 g/mol. The summed E-state index contributed by atoms with van der Waals surface area (Å²) in [7, 11) is 0. The van der Waals surface area contributed by atoms with Crippen LogP contribution in [0.2, 0.25) is 10.0 Å². The van der Waals surface area contributed by atoms with Crippen molar-refractivity contribution in [2.45, 2.75) is 25.8 Å². The molecule has 2 aromatic rings. The number of rotatable bonds is 3. The SMILES string of the molecule is Cc1ccc(C(=O)c2c(Cl)c(Cl)c3n2CCC3C(=O)O)cc1. The Kier molecular flexibility index (Phi) is 3.75. The van der Waals surface area contributed by atoms with E-state index in [1.165, 1.54) is 0 Å². The molecule has 0 fully saturated rings. The summed E-state index contributed by atoms with van der Waals surface area (Å²) >= 11 is 12.4. The molecule has 0 bridgehead atoms. The van der Waals surface area contributed by atoms with Crippen LogP contribution in [0.3, 0.4) is 0 Å². The van der Waals surface area contributed by atoms with E-state index in [2.05, 4.69) is 0 Å². The van der Waals surface area contributed by atoms with Crippen molar-refractivity contribution in [3.8, 4) is 0 Å². The molecule has 0 saturated carbocycles. The van der Waals surface area contributed by atoms with Crippen molar-refractivity contribution in [3.05, 3.63) is 56.8 Å². The first-order valence-corrected chi connectivity index (χ1v) is 7.59. The fourth-order valence-electron chi connectivity index (χ4n) is 2.85. The van der Waals surface area contributed by atoms with Crippen LogP contribution >= 0.6 is 23.2 Å². The van der Waals surface area contributed by atoms with Crippen LogP contribution in [0, 0.1) is 6.92 Å². The molecule has 1 aliphatic rings. The van der Waals surface area contributed by atoms with Crippen LogP contribution in [0.1, 0.15) is 39.6 Å². The summed E-state index contributed by atoms with van der Waals surface area (Å²) in [5.41, 5.74) is 2.25. The molecule has 0 amide bonds. The molecule has 114 valence electrons. The number of carboxylic acid groups (broad SMARTS) is 1. The molecule has 1 unspecified atom stereocenters. The van der Waals surface area contributed by atoms with Crippen LogP contribution in [0.4, 0.5) is 0 Å². The fourth-order valence-corrected chi connectivity index (χ4v) is 3.45. The summed E-state index contributed by atoms with van der Waals surface area (Å²) in [5, 5.41) is 9.57. The van der Waals surface area contributed by atoms with Gasteiger partial charge in [-0.05, 0) is 13.3 Å². The summed E-state index contributed by atoms with van der Waals surface area (Å²) < 4.78 is 1.64. The van der Waals surface area contributed by atoms with Gasteiger partial charge in [-0.15, -0.1) is 0 Å². The molecule has 1 aromatic carbocycles. The third-order valence-corrected chi connectivity index (χ3v) is 4.83. The van der Waals surface area contributed by atoms with Gasteiger partial charge in [0.1, 0.15) is 11.6 Å². The van der Waals surface area contributed by atoms with E-state index in [1.54, 1.807) is 16.7 Å². The third kappa shape index (κ3) is 2.23. The largest absolute Gasteiger partial charge is 0.481 e. The highest BCUT2D eigenvalue weighted by Crippen LogP contribution is 2.43. The predicted molar refractivity (Wildman–Crippen MR) is 84.1 cm³/mol. The van der Waals surface area contributed by atoms with E-state index in [-0.39, 0.29) is 21.5 Å². The highest BCUT2D eigenvalue weighted by atomic mass is 35.5. The molecule has 1 aromatic heterocycles. The van der Waals surface area contributed by atoms with E-state index >= 15 is 0 Å². The van der Waals surface area contributed by atoms with Crippen LogP contribution in [0.5, 0.6) is 0 Å². The van der Waals surface area contributed by atoms with Crippen molar-refractivity contribution < 1.29 is 14.7 Å². The predicted octanol–water partition coefficient (Wildman–Crippen LogP) is 3.91. The Bertz CT molecular complexity index is 778. The molecular formula is C16H13Cl2NO3. The van der Waals surface area contributed by atoms with E-state index in [4.69, 9.17) is 23.2 Å². The topological polar surface area (TPSA) is 59.3 Å². The number of carbonyl (C=O) groups excluding carboxylic acids is 1. The number of halogens is 2. The molecule has 6 heteroatoms. The number of aryl methyl sites for hydroxylation is 1. The number of aliphatic carboxylic acids is 1. The van der Waals surface area contributed by atoms with Gasteiger partial charge in [-0.3, -0.25) is 9.59 Å². The van der Waals surface area contributed by atoms with Crippen molar-refractivity contribution in [2.24, 2.45) is 0 Å². The van der Waals surface area contributed by atoms with Crippen LogP contribution in [0.25, 0.3) is 0 Å². The van der Waals surface area contributed by atoms with Gasteiger partial charge in [-0.2, -0.15) is 0 Å². The normalized spacial score (nSPS) is 16.6. The zero-order valence-corrected chi connectivity index (χ0v) is 13.3. The first-order valence-electron chi connectivity index (χ1n) is 6.83. The molecule has 22 heavy (non-hydrogen) atoms. The molecular weight excluding hydrogens is 325 g/mol. The van der Waals surface area contributed by atoms with Crippen LogP contribution in [-0.2, 0) is 11.3 Å². The minimum absolute atomic E-state index is 0.133. The zero-order chi connectivity index (χ0) is 16.0. The number of fused-ring (bicyclic) bond motifs is 1. The molecule has 3 rings (SSSR count). The summed E-state index contributed by atoms with van der Waals surface area (Å²) in [6.45, 7) is 2.36. The Morgan fingerprint density at radius 2 is 1.82 bits per heavy atom. The van der Waals surface area contributed by atoms with Crippen molar-refractivity contribution in [2.75, 3.05) is 0 Å². The lowest BCUT2D eigenvalue weighted by Gasteiger charge is -2.06. The molecule has 0 saturated heterocycles. The maximum Gasteiger partial charge on any atom is 0.312 e. The average Bonchev–Trinajstić information content (AvgIpc) is 3.00. The van der Waals surface area contributed by atoms with E-state index < -0.39 is 11.9 Å². The highest BCUT2D eigenvalue weighted by Gasteiger charge is 2.37. The lowest BCUT2D eigenvalue weighted by Crippen LogP contribution is -2.10. The number of carboxylic acids is 1. The number of ketones is 1. The monoisotopic (exact) mass is 337 g/mol. The van der Waals surface area contributed by atoms with Gasteiger partial charge in [0.05, 0.1) is 15.7 Å². The first kappa shape index (κ1) is 15.1. The van der Waals surface area contributed by atoms with Gasteiger partial charge in [0.25, 0.3) is 0 Å². The molecule has 0 spiro atoms. The van der Waals surface area contributed by atoms with Gasteiger partial charge in [-0.1, -0.05) is 53.0 Å². The van der Waals surface area contributed by atoms with Gasteiger partial charge in [0, 0.05) is 12.1 Å². The number of hydrogen-bond donors (Lipinski definition) is 1. The molecule has 2 heterocycles. The zero-order valence-electron chi connectivity index (χ0n) is 11.8. The summed E-state index contributed by atoms with van der Waals surface area (Å²) in [6, 6.07) is 7.14. The quantitative estimate of drug-likeness (QED) is 0.864. The minimum Gasteiger partial charge on any atom is -0.481 e. The number of nitrogens with zero attached hydrogens (tertiary/aromatic N) is 1. The van der Waals surface area contributed by atoms with Gasteiger partial charge in [-0.25, -0.2) is 0 Å². The van der Waals surface area contributed by atoms with Crippen molar-refractivity contribution in [1.82, 2.24) is 4.57 Å². The Morgan fingerprint density at radius 1 is 1.18 bits per heavy atom.